The highest BCUT2D eigenvalue weighted by molar-refractivity contribution is 7.98. The SMILES string of the molecule is CSc1nnc2c(n1)O[C@H](c1ccc(Cl)cc1)Nc1ccccc1-2. The maximum absolute atomic E-state index is 6.13. The van der Waals surface area contributed by atoms with Crippen LogP contribution in [0.25, 0.3) is 11.3 Å². The zero-order valence-corrected chi connectivity index (χ0v) is 14.3. The molecule has 2 aromatic carbocycles. The van der Waals surface area contributed by atoms with Gasteiger partial charge in [0.15, 0.2) is 11.9 Å². The van der Waals surface area contributed by atoms with E-state index in [1.807, 2.05) is 54.8 Å². The van der Waals surface area contributed by atoms with Gasteiger partial charge in [0.25, 0.3) is 0 Å². The lowest BCUT2D eigenvalue weighted by atomic mass is 10.1. The maximum atomic E-state index is 6.13. The first-order valence-electron chi connectivity index (χ1n) is 7.31. The third kappa shape index (κ3) is 2.79. The molecular weight excluding hydrogens is 344 g/mol. The molecule has 0 fully saturated rings. The molecule has 4 rings (SSSR count). The number of ether oxygens (including phenoxy) is 1. The Kier molecular flexibility index (Phi) is 4.00. The normalized spacial score (nSPS) is 15.5. The molecule has 1 aliphatic rings. The van der Waals surface area contributed by atoms with Crippen LogP contribution in [0.1, 0.15) is 11.8 Å². The van der Waals surface area contributed by atoms with Crippen LogP contribution < -0.4 is 10.1 Å². The molecule has 0 aliphatic carbocycles. The van der Waals surface area contributed by atoms with E-state index in [1.165, 1.54) is 11.8 Å². The van der Waals surface area contributed by atoms with Crippen LogP contribution in [0, 0.1) is 0 Å². The van der Waals surface area contributed by atoms with Crippen LogP contribution in [-0.2, 0) is 0 Å². The number of hydrogen-bond donors (Lipinski definition) is 1. The fraction of sp³-hybridized carbons (Fsp3) is 0.118. The molecule has 0 radical (unpaired) electrons. The predicted molar refractivity (Wildman–Crippen MR) is 95.5 cm³/mol. The minimum atomic E-state index is -0.393. The Balaban J connectivity index is 1.85. The van der Waals surface area contributed by atoms with E-state index in [1.54, 1.807) is 0 Å². The summed E-state index contributed by atoms with van der Waals surface area (Å²) in [5, 5.41) is 13.1. The third-order valence-corrected chi connectivity index (χ3v) is 4.48. The Bertz CT molecular complexity index is 888. The van der Waals surface area contributed by atoms with E-state index < -0.39 is 6.23 Å². The largest absolute Gasteiger partial charge is 0.448 e. The monoisotopic (exact) mass is 356 g/mol. The van der Waals surface area contributed by atoms with E-state index in [0.717, 1.165) is 16.8 Å². The molecule has 1 aromatic heterocycles. The van der Waals surface area contributed by atoms with E-state index in [2.05, 4.69) is 20.5 Å². The lowest BCUT2D eigenvalue weighted by molar-refractivity contribution is 0.225. The first-order chi connectivity index (χ1) is 11.7. The first-order valence-corrected chi connectivity index (χ1v) is 8.91. The van der Waals surface area contributed by atoms with Gasteiger partial charge >= 0.3 is 0 Å². The summed E-state index contributed by atoms with van der Waals surface area (Å²) in [4.78, 5) is 4.49. The number of nitrogens with one attached hydrogen (secondary N) is 1. The second-order valence-electron chi connectivity index (χ2n) is 5.19. The van der Waals surface area contributed by atoms with E-state index in [4.69, 9.17) is 16.3 Å². The number of rotatable bonds is 2. The Labute approximate surface area is 148 Å². The van der Waals surface area contributed by atoms with Gasteiger partial charge in [-0.25, -0.2) is 0 Å². The molecule has 24 heavy (non-hydrogen) atoms. The summed E-state index contributed by atoms with van der Waals surface area (Å²) >= 11 is 7.42. The zero-order valence-electron chi connectivity index (χ0n) is 12.7. The van der Waals surface area contributed by atoms with Gasteiger partial charge in [0, 0.05) is 21.8 Å². The molecule has 2 heterocycles. The number of nitrogens with zero attached hydrogens (tertiary/aromatic N) is 3. The number of thioether (sulfide) groups is 1. The average Bonchev–Trinajstić information content (AvgIpc) is 2.78. The molecule has 120 valence electrons. The molecule has 3 aromatic rings. The summed E-state index contributed by atoms with van der Waals surface area (Å²) in [6.45, 7) is 0. The smallest absolute Gasteiger partial charge is 0.247 e. The van der Waals surface area contributed by atoms with Gasteiger partial charge in [-0.2, -0.15) is 4.98 Å². The lowest BCUT2D eigenvalue weighted by Gasteiger charge is -2.19. The summed E-state index contributed by atoms with van der Waals surface area (Å²) in [6.07, 6.45) is 1.51. The number of aromatic nitrogens is 3. The molecule has 0 saturated heterocycles. The second kappa shape index (κ2) is 6.30. The molecular formula is C17H13ClN4OS. The average molecular weight is 357 g/mol. The molecule has 7 heteroatoms. The van der Waals surface area contributed by atoms with Gasteiger partial charge in [-0.15, -0.1) is 10.2 Å². The topological polar surface area (TPSA) is 59.9 Å². The van der Waals surface area contributed by atoms with Gasteiger partial charge in [0.2, 0.25) is 11.0 Å². The highest BCUT2D eigenvalue weighted by Crippen LogP contribution is 2.39. The Hall–Kier alpha value is -2.31. The predicted octanol–water partition coefficient (Wildman–Crippen LogP) is 4.42. The lowest BCUT2D eigenvalue weighted by Crippen LogP contribution is -2.17. The fourth-order valence-electron chi connectivity index (χ4n) is 2.52. The Morgan fingerprint density at radius 2 is 1.88 bits per heavy atom. The third-order valence-electron chi connectivity index (χ3n) is 3.69. The van der Waals surface area contributed by atoms with E-state index in [9.17, 15) is 0 Å². The Morgan fingerprint density at radius 1 is 1.08 bits per heavy atom. The number of benzene rings is 2. The quantitative estimate of drug-likeness (QED) is 0.686. The van der Waals surface area contributed by atoms with Crippen molar-refractivity contribution in [3.63, 3.8) is 0 Å². The van der Waals surface area contributed by atoms with Gasteiger partial charge in [0.1, 0.15) is 0 Å². The van der Waals surface area contributed by atoms with Crippen LogP contribution in [0.2, 0.25) is 5.02 Å². The van der Waals surface area contributed by atoms with E-state index in [0.29, 0.717) is 21.8 Å². The van der Waals surface area contributed by atoms with Crippen LogP contribution in [0.3, 0.4) is 0 Å². The first kappa shape index (κ1) is 15.2. The number of anilines is 1. The zero-order chi connectivity index (χ0) is 16.5. The number of halogens is 1. The standard InChI is InChI=1S/C17H13ClN4OS/c1-24-17-20-16-14(21-22-17)12-4-2-3-5-13(12)19-15(23-16)10-6-8-11(18)9-7-10/h2-9,15,19H,1H3/t15-/m1/s1. The van der Waals surface area contributed by atoms with Crippen molar-refractivity contribution in [2.75, 3.05) is 11.6 Å². The molecule has 0 unspecified atom stereocenters. The van der Waals surface area contributed by atoms with Crippen molar-refractivity contribution in [3.8, 4) is 17.1 Å². The van der Waals surface area contributed by atoms with Crippen molar-refractivity contribution in [1.29, 1.82) is 0 Å². The Morgan fingerprint density at radius 3 is 2.67 bits per heavy atom. The summed E-state index contributed by atoms with van der Waals surface area (Å²) in [6, 6.07) is 15.4. The molecule has 1 atom stereocenters. The van der Waals surface area contributed by atoms with Crippen molar-refractivity contribution in [2.24, 2.45) is 0 Å². The molecule has 1 aliphatic heterocycles. The summed E-state index contributed by atoms with van der Waals surface area (Å²) in [5.74, 6) is 0.465. The van der Waals surface area contributed by atoms with Gasteiger partial charge in [0.05, 0.1) is 0 Å². The van der Waals surface area contributed by atoms with Crippen molar-refractivity contribution in [3.05, 3.63) is 59.1 Å². The van der Waals surface area contributed by atoms with Crippen LogP contribution >= 0.6 is 23.4 Å². The molecule has 0 saturated carbocycles. The second-order valence-corrected chi connectivity index (χ2v) is 6.40. The highest BCUT2D eigenvalue weighted by Gasteiger charge is 2.25. The number of para-hydroxylation sites is 1. The van der Waals surface area contributed by atoms with Crippen LogP contribution in [0.5, 0.6) is 5.88 Å². The minimum absolute atomic E-state index is 0.393. The van der Waals surface area contributed by atoms with Crippen molar-refractivity contribution in [2.45, 2.75) is 11.4 Å². The molecule has 0 bridgehead atoms. The highest BCUT2D eigenvalue weighted by atomic mass is 35.5. The van der Waals surface area contributed by atoms with Gasteiger partial charge < -0.3 is 10.1 Å². The summed E-state index contributed by atoms with van der Waals surface area (Å²) < 4.78 is 6.13. The van der Waals surface area contributed by atoms with Crippen LogP contribution in [0.15, 0.2) is 53.7 Å². The van der Waals surface area contributed by atoms with Crippen molar-refractivity contribution >= 4 is 29.1 Å². The summed E-state index contributed by atoms with van der Waals surface area (Å²) in [5.41, 5.74) is 3.42. The molecule has 0 spiro atoms. The number of hydrogen-bond acceptors (Lipinski definition) is 6. The molecule has 0 amide bonds. The van der Waals surface area contributed by atoms with Gasteiger partial charge in [-0.3, -0.25) is 0 Å². The minimum Gasteiger partial charge on any atom is -0.448 e. The van der Waals surface area contributed by atoms with Gasteiger partial charge in [-0.05, 0) is 24.5 Å². The fourth-order valence-corrected chi connectivity index (χ4v) is 2.94. The molecule has 1 N–H and O–H groups in total. The van der Waals surface area contributed by atoms with E-state index >= 15 is 0 Å². The van der Waals surface area contributed by atoms with Crippen LogP contribution in [0.4, 0.5) is 5.69 Å². The van der Waals surface area contributed by atoms with Crippen molar-refractivity contribution < 1.29 is 4.74 Å². The maximum Gasteiger partial charge on any atom is 0.247 e. The van der Waals surface area contributed by atoms with Gasteiger partial charge in [-0.1, -0.05) is 53.7 Å². The number of fused-ring (bicyclic) bond motifs is 3. The van der Waals surface area contributed by atoms with Crippen LogP contribution in [-0.4, -0.2) is 21.4 Å². The molecule has 5 nitrogen and oxygen atoms in total. The summed E-state index contributed by atoms with van der Waals surface area (Å²) in [7, 11) is 0. The van der Waals surface area contributed by atoms with E-state index in [-0.39, 0.29) is 0 Å². The van der Waals surface area contributed by atoms with Crippen molar-refractivity contribution in [1.82, 2.24) is 15.2 Å².